The summed E-state index contributed by atoms with van der Waals surface area (Å²) in [5.74, 6) is 0.572. The average Bonchev–Trinajstić information content (AvgIpc) is 3.63. The molecule has 0 saturated carbocycles. The monoisotopic (exact) mass is 895 g/mol. The van der Waals surface area contributed by atoms with Crippen LogP contribution in [0.5, 0.6) is 5.75 Å². The van der Waals surface area contributed by atoms with Crippen molar-refractivity contribution >= 4 is 83.1 Å². The molecule has 24 heteroatoms. The van der Waals surface area contributed by atoms with Crippen LogP contribution < -0.4 is 25.4 Å². The van der Waals surface area contributed by atoms with E-state index in [0.717, 1.165) is 67.1 Å². The Morgan fingerprint density at radius 2 is 1.71 bits per heavy atom. The Kier molecular flexibility index (Phi) is 16.4. The molecule has 5 N–H and O–H groups in total. The van der Waals surface area contributed by atoms with Gasteiger partial charge in [-0.3, -0.25) is 33.5 Å². The molecule has 0 amide bonds. The smallest absolute Gasteiger partial charge is 0.350 e. The van der Waals surface area contributed by atoms with E-state index < -0.39 is 38.2 Å². The summed E-state index contributed by atoms with van der Waals surface area (Å²) in [6.45, 7) is 1.61. The molecule has 0 fully saturated rings. The maximum Gasteiger partial charge on any atom is 0.350 e. The quantitative estimate of drug-likeness (QED) is 0.0809. The van der Waals surface area contributed by atoms with Crippen molar-refractivity contribution in [2.45, 2.75) is 56.6 Å². The maximum absolute atomic E-state index is 14.2. The molecule has 17 nitrogen and oxygen atoms in total. The minimum atomic E-state index is -4.10. The van der Waals surface area contributed by atoms with Crippen LogP contribution in [0.1, 0.15) is 31.5 Å². The number of carboxylic acids is 2. The Hall–Kier alpha value is -3.90. The van der Waals surface area contributed by atoms with Crippen molar-refractivity contribution in [3.05, 3.63) is 75.9 Å². The Morgan fingerprint density at radius 3 is 2.36 bits per heavy atom. The molecule has 4 heterocycles. The van der Waals surface area contributed by atoms with Gasteiger partial charge in [-0.05, 0) is 55.2 Å². The Bertz CT molecular complexity index is 2370. The first kappa shape index (κ1) is 44.8. The molecule has 2 aliphatic heterocycles. The SMILES string of the molecule is C#CCOc1cc(-n2nc3n(c2=O)CCCC3)c(Cl)cc1Cl.O=C(O)CNCP(=O)(O)O.O=C(O)CSc1cc(N=c2sc(=O)n3n2CCCC3)c(F)cc1Cl. The van der Waals surface area contributed by atoms with E-state index in [1.807, 2.05) is 0 Å². The van der Waals surface area contributed by atoms with E-state index in [9.17, 15) is 28.1 Å². The lowest BCUT2D eigenvalue weighted by Crippen LogP contribution is -2.31. The van der Waals surface area contributed by atoms with E-state index in [1.165, 1.54) is 16.8 Å². The summed E-state index contributed by atoms with van der Waals surface area (Å²) < 4.78 is 35.9. The topological polar surface area (TPSA) is 232 Å². The molecule has 2 aromatic heterocycles. The molecule has 4 aromatic rings. The zero-order valence-electron chi connectivity index (χ0n) is 29.1. The second-order valence-corrected chi connectivity index (χ2v) is 16.5. The minimum Gasteiger partial charge on any atom is -0.481 e. The number of carboxylic acid groups (broad SMARTS) is 2. The molecule has 56 heavy (non-hydrogen) atoms. The number of halogens is 4. The van der Waals surface area contributed by atoms with Crippen molar-refractivity contribution in [2.75, 3.05) is 25.2 Å². The molecule has 2 aliphatic rings. The molecule has 0 aliphatic carbocycles. The molecule has 0 atom stereocenters. The third-order valence-electron chi connectivity index (χ3n) is 7.57. The molecule has 0 saturated heterocycles. The number of aliphatic carboxylic acids is 2. The number of aromatic nitrogens is 5. The van der Waals surface area contributed by atoms with E-state index in [-0.39, 0.29) is 33.6 Å². The summed E-state index contributed by atoms with van der Waals surface area (Å²) in [5, 5.41) is 24.0. The van der Waals surface area contributed by atoms with Crippen LogP contribution in [0.4, 0.5) is 10.1 Å². The number of rotatable bonds is 11. The van der Waals surface area contributed by atoms with Crippen molar-refractivity contribution in [3.8, 4) is 23.8 Å². The van der Waals surface area contributed by atoms with Gasteiger partial charge in [0.2, 0.25) is 4.80 Å². The number of terminal acetylenes is 1. The van der Waals surface area contributed by atoms with Gasteiger partial charge in [-0.15, -0.1) is 23.3 Å². The van der Waals surface area contributed by atoms with Gasteiger partial charge in [-0.1, -0.05) is 40.7 Å². The normalized spacial score (nSPS) is 13.6. The Balaban J connectivity index is 0.000000202. The number of carbonyl (C=O) groups is 2. The summed E-state index contributed by atoms with van der Waals surface area (Å²) in [4.78, 5) is 66.3. The fourth-order valence-corrected chi connectivity index (χ4v) is 7.95. The summed E-state index contributed by atoms with van der Waals surface area (Å²) in [5.41, 5.74) is 0.266. The Labute approximate surface area is 340 Å². The molecule has 0 bridgehead atoms. The standard InChI is InChI=1S/C15H13Cl2N3O2.C14H13ClFN3O3S2.C3H8NO5P/c1-2-7-22-13-9-12(10(16)8-11(13)17)20-15(21)19-6-4-3-5-14(19)18-20;15-8-5-9(16)10(6-11(8)23-7-12(20)21)17-13-18-3-1-2-4-19(18)14(22)24-13;5-3(6)1-4-2-10(7,8)9/h1,8-9H,3-7H2;5-6H,1-4,7H2,(H,20,21);4H,1-2H2,(H,5,6)(H2,7,8,9). The first-order chi connectivity index (χ1) is 26.5. The molecule has 0 unspecified atom stereocenters. The number of benzene rings is 2. The van der Waals surface area contributed by atoms with Crippen LogP contribution in [-0.4, -0.2) is 80.8 Å². The van der Waals surface area contributed by atoms with Crippen molar-refractivity contribution in [3.63, 3.8) is 0 Å². The highest BCUT2D eigenvalue weighted by molar-refractivity contribution is 8.00. The molecular weight excluding hydrogens is 863 g/mol. The minimum absolute atomic E-state index is 0.0370. The van der Waals surface area contributed by atoms with Crippen molar-refractivity contribution < 1.29 is 43.3 Å². The fourth-order valence-electron chi connectivity index (χ4n) is 5.15. The summed E-state index contributed by atoms with van der Waals surface area (Å²) in [6, 6.07) is 5.63. The first-order valence-electron chi connectivity index (χ1n) is 16.4. The number of thioether (sulfide) groups is 1. The largest absolute Gasteiger partial charge is 0.481 e. The molecule has 2 aromatic carbocycles. The van der Waals surface area contributed by atoms with E-state index >= 15 is 0 Å². The second-order valence-electron chi connectivity index (χ2n) is 11.7. The maximum atomic E-state index is 14.2. The molecule has 0 spiro atoms. The van der Waals surface area contributed by atoms with E-state index in [4.69, 9.17) is 66.0 Å². The lowest BCUT2D eigenvalue weighted by molar-refractivity contribution is -0.136. The van der Waals surface area contributed by atoms with E-state index in [2.05, 4.69) is 21.3 Å². The number of nitrogens with one attached hydrogen (secondary N) is 1. The van der Waals surface area contributed by atoms with E-state index in [0.29, 0.717) is 50.8 Å². The third kappa shape index (κ3) is 12.6. The van der Waals surface area contributed by atoms with Crippen LogP contribution in [0.2, 0.25) is 15.1 Å². The number of ether oxygens (including phenoxy) is 1. The van der Waals surface area contributed by atoms with Gasteiger partial charge in [0.25, 0.3) is 0 Å². The highest BCUT2D eigenvalue weighted by atomic mass is 35.5. The van der Waals surface area contributed by atoms with Gasteiger partial charge in [-0.2, -0.15) is 4.68 Å². The first-order valence-corrected chi connectivity index (χ1v) is 21.1. The summed E-state index contributed by atoms with van der Waals surface area (Å²) in [7, 11) is -4.10. The number of fused-ring (bicyclic) bond motifs is 2. The van der Waals surface area contributed by atoms with Gasteiger partial charge in [0.15, 0.2) is 0 Å². The average molecular weight is 897 g/mol. The predicted octanol–water partition coefficient (Wildman–Crippen LogP) is 4.19. The highest BCUT2D eigenvalue weighted by Gasteiger charge is 2.21. The number of hydrogen-bond acceptors (Lipinski definition) is 11. The van der Waals surface area contributed by atoms with Crippen LogP contribution in [0, 0.1) is 18.2 Å². The van der Waals surface area contributed by atoms with Gasteiger partial charge >= 0.3 is 30.1 Å². The molecule has 0 radical (unpaired) electrons. The van der Waals surface area contributed by atoms with Gasteiger partial charge < -0.3 is 24.7 Å². The van der Waals surface area contributed by atoms with Crippen molar-refractivity contribution in [1.82, 2.24) is 29.0 Å². The van der Waals surface area contributed by atoms with E-state index in [1.54, 1.807) is 20.0 Å². The van der Waals surface area contributed by atoms with Crippen molar-refractivity contribution in [2.24, 2.45) is 4.99 Å². The van der Waals surface area contributed by atoms with Crippen LogP contribution >= 0.6 is 65.5 Å². The van der Waals surface area contributed by atoms with Crippen LogP contribution in [0.15, 0.2) is 43.7 Å². The third-order valence-corrected chi connectivity index (χ3v) is 11.1. The summed E-state index contributed by atoms with van der Waals surface area (Å²) in [6.07, 6.45) is 9.24. The fraction of sp³-hybridized carbons (Fsp3) is 0.375. The van der Waals surface area contributed by atoms with Gasteiger partial charge in [-0.25, -0.2) is 18.9 Å². The lowest BCUT2D eigenvalue weighted by Gasteiger charge is -2.15. The van der Waals surface area contributed by atoms with Gasteiger partial charge in [0, 0.05) is 37.0 Å². The predicted molar refractivity (Wildman–Crippen MR) is 208 cm³/mol. The van der Waals surface area contributed by atoms with Gasteiger partial charge in [0.05, 0.1) is 39.3 Å². The zero-order valence-corrected chi connectivity index (χ0v) is 33.9. The zero-order chi connectivity index (χ0) is 41.2. The lowest BCUT2D eigenvalue weighted by atomic mass is 10.2. The second kappa shape index (κ2) is 20.5. The number of hydrogen-bond donors (Lipinski definition) is 5. The van der Waals surface area contributed by atoms with Crippen molar-refractivity contribution in [1.29, 1.82) is 0 Å². The summed E-state index contributed by atoms with van der Waals surface area (Å²) >= 11 is 20.2. The van der Waals surface area contributed by atoms with Gasteiger partial charge in [0.1, 0.15) is 29.7 Å². The Morgan fingerprint density at radius 1 is 1.02 bits per heavy atom. The highest BCUT2D eigenvalue weighted by Crippen LogP contribution is 2.34. The molecular formula is C32H34Cl3FN7O10PS2. The number of aryl methyl sites for hydroxylation is 1. The number of nitrogens with zero attached hydrogens (tertiary/aromatic N) is 6. The van der Waals surface area contributed by atoms with Crippen LogP contribution in [0.3, 0.4) is 0 Å². The van der Waals surface area contributed by atoms with Crippen LogP contribution in [0.25, 0.3) is 5.69 Å². The molecule has 302 valence electrons. The molecule has 6 rings (SSSR count). The van der Waals surface area contributed by atoms with Crippen LogP contribution in [-0.2, 0) is 40.2 Å².